The predicted molar refractivity (Wildman–Crippen MR) is 73.9 cm³/mol. The lowest BCUT2D eigenvalue weighted by Crippen LogP contribution is -2.29. The molecule has 2 aliphatic heterocycles. The summed E-state index contributed by atoms with van der Waals surface area (Å²) >= 11 is 0. The first kappa shape index (κ1) is 11.8. The first-order valence-corrected chi connectivity index (χ1v) is 7.03. The van der Waals surface area contributed by atoms with Crippen molar-refractivity contribution in [3.63, 3.8) is 0 Å². The number of rotatable bonds is 2. The van der Waals surface area contributed by atoms with Gasteiger partial charge in [-0.2, -0.15) is 4.68 Å². The summed E-state index contributed by atoms with van der Waals surface area (Å²) in [7, 11) is 0. The molecule has 1 spiro atoms. The SMILES string of the molecule is c1ccc(-n2nnnc2N2CCC3(CCOC3)C2)cc1. The van der Waals surface area contributed by atoms with Crippen LogP contribution in [0.3, 0.4) is 0 Å². The maximum Gasteiger partial charge on any atom is 0.250 e. The van der Waals surface area contributed by atoms with Crippen LogP contribution in [0, 0.1) is 5.41 Å². The van der Waals surface area contributed by atoms with Gasteiger partial charge in [0.15, 0.2) is 0 Å². The largest absolute Gasteiger partial charge is 0.381 e. The van der Waals surface area contributed by atoms with Gasteiger partial charge in [-0.3, -0.25) is 0 Å². The van der Waals surface area contributed by atoms with Gasteiger partial charge < -0.3 is 9.64 Å². The van der Waals surface area contributed by atoms with E-state index in [0.29, 0.717) is 5.41 Å². The molecule has 1 atom stereocenters. The Labute approximate surface area is 117 Å². The van der Waals surface area contributed by atoms with Crippen molar-refractivity contribution in [1.82, 2.24) is 20.2 Å². The Hall–Kier alpha value is -1.95. The molecule has 2 saturated heterocycles. The van der Waals surface area contributed by atoms with Gasteiger partial charge >= 0.3 is 0 Å². The number of aromatic nitrogens is 4. The predicted octanol–water partition coefficient (Wildman–Crippen LogP) is 1.28. The third kappa shape index (κ3) is 1.87. The van der Waals surface area contributed by atoms with Gasteiger partial charge in [-0.1, -0.05) is 23.3 Å². The molecular formula is C14H17N5O. The quantitative estimate of drug-likeness (QED) is 0.823. The summed E-state index contributed by atoms with van der Waals surface area (Å²) in [4.78, 5) is 2.28. The summed E-state index contributed by atoms with van der Waals surface area (Å²) in [5.74, 6) is 0.833. The van der Waals surface area contributed by atoms with Crippen molar-refractivity contribution in [3.8, 4) is 5.69 Å². The van der Waals surface area contributed by atoms with Crippen LogP contribution >= 0.6 is 0 Å². The van der Waals surface area contributed by atoms with Crippen LogP contribution in [0.5, 0.6) is 0 Å². The highest BCUT2D eigenvalue weighted by molar-refractivity contribution is 5.41. The standard InChI is InChI=1S/C14H17N5O/c1-2-4-12(5-3-1)19-13(15-16-17-19)18-8-6-14(10-18)7-9-20-11-14/h1-5H,6-11H2. The number of ether oxygens (including phenoxy) is 1. The summed E-state index contributed by atoms with van der Waals surface area (Å²) in [5.41, 5.74) is 1.31. The maximum atomic E-state index is 5.58. The van der Waals surface area contributed by atoms with E-state index >= 15 is 0 Å². The molecule has 0 radical (unpaired) electrons. The topological polar surface area (TPSA) is 56.1 Å². The molecule has 2 fully saturated rings. The smallest absolute Gasteiger partial charge is 0.250 e. The molecule has 0 saturated carbocycles. The van der Waals surface area contributed by atoms with Crippen molar-refractivity contribution < 1.29 is 4.74 Å². The first-order valence-electron chi connectivity index (χ1n) is 7.03. The minimum Gasteiger partial charge on any atom is -0.381 e. The molecule has 0 bridgehead atoms. The molecule has 0 aliphatic carbocycles. The molecule has 0 amide bonds. The van der Waals surface area contributed by atoms with E-state index in [0.717, 1.165) is 50.8 Å². The normalized spacial score (nSPS) is 25.7. The molecule has 1 aromatic carbocycles. The van der Waals surface area contributed by atoms with Crippen LogP contribution in [0.1, 0.15) is 12.8 Å². The number of hydrogen-bond acceptors (Lipinski definition) is 5. The molecule has 0 N–H and O–H groups in total. The van der Waals surface area contributed by atoms with E-state index in [-0.39, 0.29) is 0 Å². The number of nitrogens with zero attached hydrogens (tertiary/aromatic N) is 5. The summed E-state index contributed by atoms with van der Waals surface area (Å²) in [6.45, 7) is 3.74. The Kier molecular flexibility index (Phi) is 2.70. The van der Waals surface area contributed by atoms with Crippen LogP contribution in [0.15, 0.2) is 30.3 Å². The van der Waals surface area contributed by atoms with Gasteiger partial charge in [0.25, 0.3) is 0 Å². The fourth-order valence-electron chi connectivity index (χ4n) is 3.19. The number of para-hydroxylation sites is 1. The minimum atomic E-state index is 0.313. The second-order valence-electron chi connectivity index (χ2n) is 5.70. The summed E-state index contributed by atoms with van der Waals surface area (Å²) in [6, 6.07) is 10.0. The van der Waals surface area contributed by atoms with Crippen LogP contribution in [-0.2, 0) is 4.74 Å². The van der Waals surface area contributed by atoms with Crippen LogP contribution in [0.4, 0.5) is 5.95 Å². The highest BCUT2D eigenvalue weighted by Gasteiger charge is 2.42. The number of tetrazole rings is 1. The van der Waals surface area contributed by atoms with E-state index in [1.54, 1.807) is 0 Å². The average molecular weight is 271 g/mol. The lowest BCUT2D eigenvalue weighted by Gasteiger charge is -2.22. The first-order chi connectivity index (χ1) is 9.86. The van der Waals surface area contributed by atoms with Gasteiger partial charge in [0.2, 0.25) is 5.95 Å². The molecule has 1 aromatic heterocycles. The fraction of sp³-hybridized carbons (Fsp3) is 0.500. The second kappa shape index (κ2) is 4.56. The van der Waals surface area contributed by atoms with Crippen molar-refractivity contribution in [3.05, 3.63) is 30.3 Å². The van der Waals surface area contributed by atoms with E-state index in [9.17, 15) is 0 Å². The Balaban J connectivity index is 1.63. The van der Waals surface area contributed by atoms with Crippen molar-refractivity contribution in [2.45, 2.75) is 12.8 Å². The second-order valence-corrected chi connectivity index (χ2v) is 5.70. The highest BCUT2D eigenvalue weighted by Crippen LogP contribution is 2.39. The fourth-order valence-corrected chi connectivity index (χ4v) is 3.19. The van der Waals surface area contributed by atoms with Crippen LogP contribution in [-0.4, -0.2) is 46.5 Å². The van der Waals surface area contributed by atoms with E-state index in [1.165, 1.54) is 0 Å². The monoisotopic (exact) mass is 271 g/mol. The number of anilines is 1. The molecule has 20 heavy (non-hydrogen) atoms. The Morgan fingerprint density at radius 1 is 1.15 bits per heavy atom. The van der Waals surface area contributed by atoms with E-state index < -0.39 is 0 Å². The van der Waals surface area contributed by atoms with Crippen LogP contribution in [0.25, 0.3) is 5.69 Å². The zero-order valence-electron chi connectivity index (χ0n) is 11.3. The molecule has 6 heteroatoms. The van der Waals surface area contributed by atoms with Gasteiger partial charge in [0.05, 0.1) is 12.3 Å². The average Bonchev–Trinajstić information content (AvgIpc) is 3.22. The molecule has 6 nitrogen and oxygen atoms in total. The Morgan fingerprint density at radius 3 is 2.85 bits per heavy atom. The maximum absolute atomic E-state index is 5.58. The van der Waals surface area contributed by atoms with E-state index in [2.05, 4.69) is 20.4 Å². The van der Waals surface area contributed by atoms with Gasteiger partial charge in [0, 0.05) is 25.1 Å². The molecule has 3 heterocycles. The third-order valence-corrected chi connectivity index (χ3v) is 4.36. The van der Waals surface area contributed by atoms with Crippen LogP contribution in [0.2, 0.25) is 0 Å². The molecular weight excluding hydrogens is 254 g/mol. The van der Waals surface area contributed by atoms with Gasteiger partial charge in [-0.15, -0.1) is 0 Å². The van der Waals surface area contributed by atoms with Gasteiger partial charge in [-0.25, -0.2) is 0 Å². The van der Waals surface area contributed by atoms with E-state index in [4.69, 9.17) is 4.74 Å². The molecule has 2 aromatic rings. The van der Waals surface area contributed by atoms with Crippen molar-refractivity contribution in [1.29, 1.82) is 0 Å². The molecule has 4 rings (SSSR count). The Morgan fingerprint density at radius 2 is 2.05 bits per heavy atom. The Bertz CT molecular complexity index is 591. The van der Waals surface area contributed by atoms with Crippen LogP contribution < -0.4 is 4.90 Å². The summed E-state index contributed by atoms with van der Waals surface area (Å²) in [5, 5.41) is 12.2. The number of benzene rings is 1. The highest BCUT2D eigenvalue weighted by atomic mass is 16.5. The zero-order chi connectivity index (χ0) is 13.4. The summed E-state index contributed by atoms with van der Waals surface area (Å²) in [6.07, 6.45) is 2.31. The van der Waals surface area contributed by atoms with Crippen molar-refractivity contribution in [2.24, 2.45) is 5.41 Å². The van der Waals surface area contributed by atoms with Gasteiger partial charge in [0.1, 0.15) is 0 Å². The zero-order valence-corrected chi connectivity index (χ0v) is 11.3. The lowest BCUT2D eigenvalue weighted by atomic mass is 9.87. The van der Waals surface area contributed by atoms with E-state index in [1.807, 2.05) is 35.0 Å². The molecule has 2 aliphatic rings. The molecule has 1 unspecified atom stereocenters. The number of hydrogen-bond donors (Lipinski definition) is 0. The van der Waals surface area contributed by atoms with Crippen molar-refractivity contribution >= 4 is 5.95 Å². The molecule has 104 valence electrons. The minimum absolute atomic E-state index is 0.313. The lowest BCUT2D eigenvalue weighted by molar-refractivity contribution is 0.160. The third-order valence-electron chi connectivity index (χ3n) is 4.36. The van der Waals surface area contributed by atoms with Gasteiger partial charge in [-0.05, 0) is 35.4 Å². The summed E-state index contributed by atoms with van der Waals surface area (Å²) < 4.78 is 7.39. The van der Waals surface area contributed by atoms with Crippen molar-refractivity contribution in [2.75, 3.05) is 31.2 Å².